The van der Waals surface area contributed by atoms with Crippen LogP contribution in [0.3, 0.4) is 0 Å². The maximum Gasteiger partial charge on any atom is 0.338 e. The minimum atomic E-state index is -1.66. The predicted octanol–water partition coefficient (Wildman–Crippen LogP) is 1.20. The van der Waals surface area contributed by atoms with E-state index < -0.39 is 23.5 Å². The van der Waals surface area contributed by atoms with Crippen molar-refractivity contribution < 1.29 is 33.7 Å². The molecule has 0 aromatic rings. The Morgan fingerprint density at radius 2 is 2.14 bits per heavy atom. The largest absolute Gasteiger partial charge is 0.469 e. The zero-order valence-electron chi connectivity index (χ0n) is 17.6. The monoisotopic (exact) mass is 409 g/mol. The van der Waals surface area contributed by atoms with Gasteiger partial charge in [0.05, 0.1) is 26.2 Å². The molecule has 8 heteroatoms. The van der Waals surface area contributed by atoms with Gasteiger partial charge in [-0.3, -0.25) is 9.69 Å². The number of rotatable bonds is 2. The van der Waals surface area contributed by atoms with Crippen molar-refractivity contribution in [2.24, 2.45) is 11.8 Å². The maximum absolute atomic E-state index is 12.6. The molecule has 3 aliphatic rings. The highest BCUT2D eigenvalue weighted by molar-refractivity contribution is 5.83. The van der Waals surface area contributed by atoms with Gasteiger partial charge in [0.1, 0.15) is 6.10 Å². The summed E-state index contributed by atoms with van der Waals surface area (Å²) in [6.45, 7) is 5.80. The minimum absolute atomic E-state index is 0.0514. The van der Waals surface area contributed by atoms with Gasteiger partial charge in [-0.05, 0) is 39.0 Å². The fourth-order valence-corrected chi connectivity index (χ4v) is 4.86. The van der Waals surface area contributed by atoms with Crippen molar-refractivity contribution in [3.05, 3.63) is 11.6 Å². The first kappa shape index (κ1) is 21.8. The Kier molecular flexibility index (Phi) is 6.33. The van der Waals surface area contributed by atoms with Gasteiger partial charge in [0.2, 0.25) is 0 Å². The molecule has 3 aliphatic heterocycles. The smallest absolute Gasteiger partial charge is 0.338 e. The fraction of sp³-hybridized carbons (Fsp3) is 0.762. The van der Waals surface area contributed by atoms with E-state index in [0.29, 0.717) is 25.8 Å². The third-order valence-corrected chi connectivity index (χ3v) is 6.65. The van der Waals surface area contributed by atoms with Gasteiger partial charge in [-0.1, -0.05) is 12.5 Å². The number of hydrogen-bond acceptors (Lipinski definition) is 8. The van der Waals surface area contributed by atoms with E-state index in [4.69, 9.17) is 14.2 Å². The van der Waals surface area contributed by atoms with Crippen LogP contribution in [0, 0.1) is 11.8 Å². The van der Waals surface area contributed by atoms with Crippen molar-refractivity contribution >= 4 is 17.9 Å². The van der Waals surface area contributed by atoms with Crippen LogP contribution in [-0.2, 0) is 28.6 Å². The van der Waals surface area contributed by atoms with Crippen LogP contribution in [0.4, 0.5) is 0 Å². The highest BCUT2D eigenvalue weighted by Crippen LogP contribution is 2.40. The van der Waals surface area contributed by atoms with Crippen molar-refractivity contribution in [2.75, 3.05) is 20.3 Å². The van der Waals surface area contributed by atoms with Crippen molar-refractivity contribution in [1.29, 1.82) is 0 Å². The molecule has 162 valence electrons. The molecule has 2 saturated heterocycles. The summed E-state index contributed by atoms with van der Waals surface area (Å²) in [5.74, 6) is -1.89. The van der Waals surface area contributed by atoms with Crippen LogP contribution in [0.5, 0.6) is 0 Å². The van der Waals surface area contributed by atoms with E-state index in [2.05, 4.69) is 4.90 Å². The normalized spacial score (nSPS) is 38.7. The molecule has 0 aromatic carbocycles. The summed E-state index contributed by atoms with van der Waals surface area (Å²) in [4.78, 5) is 39.1. The van der Waals surface area contributed by atoms with Gasteiger partial charge >= 0.3 is 17.9 Å². The van der Waals surface area contributed by atoms with Crippen LogP contribution in [0.25, 0.3) is 0 Å². The second-order valence-electron chi connectivity index (χ2n) is 8.76. The third-order valence-electron chi connectivity index (χ3n) is 6.65. The molecular formula is C21H31NO7. The lowest BCUT2D eigenvalue weighted by Crippen LogP contribution is -2.44. The average Bonchev–Trinajstić information content (AvgIpc) is 3.20. The van der Waals surface area contributed by atoms with Crippen molar-refractivity contribution in [1.82, 2.24) is 4.90 Å². The molecule has 1 N–H and O–H groups in total. The van der Waals surface area contributed by atoms with Crippen LogP contribution in [0.2, 0.25) is 0 Å². The van der Waals surface area contributed by atoms with Gasteiger partial charge in [-0.25, -0.2) is 9.59 Å². The number of carbonyl (C=O) groups excluding carboxylic acids is 3. The summed E-state index contributed by atoms with van der Waals surface area (Å²) < 4.78 is 16.1. The molecule has 29 heavy (non-hydrogen) atoms. The molecule has 0 spiro atoms. The number of ether oxygens (including phenoxy) is 3. The van der Waals surface area contributed by atoms with E-state index in [1.165, 1.54) is 20.1 Å². The summed E-state index contributed by atoms with van der Waals surface area (Å²) in [6.07, 6.45) is 3.03. The lowest BCUT2D eigenvalue weighted by atomic mass is 9.85. The molecule has 2 fully saturated rings. The number of cyclic esters (lactones) is 1. The van der Waals surface area contributed by atoms with Crippen LogP contribution < -0.4 is 0 Å². The van der Waals surface area contributed by atoms with E-state index in [1.807, 2.05) is 0 Å². The molecule has 0 aliphatic carbocycles. The molecular weight excluding hydrogens is 378 g/mol. The van der Waals surface area contributed by atoms with Crippen LogP contribution in [-0.4, -0.2) is 72.0 Å². The maximum atomic E-state index is 12.6. The summed E-state index contributed by atoms with van der Waals surface area (Å²) >= 11 is 0. The molecule has 0 saturated carbocycles. The summed E-state index contributed by atoms with van der Waals surface area (Å²) in [5.41, 5.74) is -0.928. The molecule has 0 radical (unpaired) electrons. The third kappa shape index (κ3) is 4.48. The number of hydrogen-bond donors (Lipinski definition) is 1. The number of allylic oxidation sites excluding steroid dienone is 1. The zero-order valence-corrected chi connectivity index (χ0v) is 17.6. The number of nitrogens with zero attached hydrogens (tertiary/aromatic N) is 1. The Morgan fingerprint density at radius 1 is 1.41 bits per heavy atom. The second-order valence-corrected chi connectivity index (χ2v) is 8.76. The number of esters is 3. The van der Waals surface area contributed by atoms with Gasteiger partial charge < -0.3 is 19.3 Å². The van der Waals surface area contributed by atoms with Crippen LogP contribution in [0.15, 0.2) is 11.6 Å². The topological polar surface area (TPSA) is 102 Å². The van der Waals surface area contributed by atoms with E-state index in [9.17, 15) is 19.5 Å². The Morgan fingerprint density at radius 3 is 2.83 bits per heavy atom. The van der Waals surface area contributed by atoms with Crippen LogP contribution in [0.1, 0.15) is 46.5 Å². The van der Waals surface area contributed by atoms with Crippen LogP contribution >= 0.6 is 0 Å². The molecule has 3 heterocycles. The first-order valence-electron chi connectivity index (χ1n) is 10.2. The van der Waals surface area contributed by atoms with E-state index in [-0.39, 0.29) is 43.1 Å². The standard InChI is InChI=1S/C21H31NO7/c1-12-7-13(2)21(3,26)20(25)28-11-14-9-15(10-17(23)27-4)22-6-5-16(19(14)22)29-18(24)8-12/h8,13-16,19,26H,5-7,9-11H2,1-4H3. The first-order valence-corrected chi connectivity index (χ1v) is 10.2. The number of aliphatic hydroxyl groups is 1. The summed E-state index contributed by atoms with van der Waals surface area (Å²) in [6, 6.07) is -0.178. The van der Waals surface area contributed by atoms with Gasteiger partial charge in [0, 0.05) is 24.6 Å². The Labute approximate surface area is 171 Å². The zero-order chi connectivity index (χ0) is 21.3. The SMILES string of the molecule is COC(=O)CC1CC2COC(=O)C(C)(O)C(C)CC(C)=CC(=O)OC3CCN1C23. The van der Waals surface area contributed by atoms with E-state index in [0.717, 1.165) is 5.57 Å². The predicted molar refractivity (Wildman–Crippen MR) is 103 cm³/mol. The molecule has 6 atom stereocenters. The van der Waals surface area contributed by atoms with Crippen molar-refractivity contribution in [2.45, 2.75) is 70.2 Å². The second kappa shape index (κ2) is 8.44. The molecule has 0 amide bonds. The Hall–Kier alpha value is -1.93. The van der Waals surface area contributed by atoms with Gasteiger partial charge in [-0.15, -0.1) is 0 Å². The molecule has 3 rings (SSSR count). The minimum Gasteiger partial charge on any atom is -0.469 e. The Balaban J connectivity index is 1.87. The highest BCUT2D eigenvalue weighted by atomic mass is 16.6. The number of carbonyl (C=O) groups is 3. The fourth-order valence-electron chi connectivity index (χ4n) is 4.86. The molecule has 0 bridgehead atoms. The highest BCUT2D eigenvalue weighted by Gasteiger charge is 2.51. The molecule has 0 aromatic heterocycles. The number of methoxy groups -OCH3 is 1. The van der Waals surface area contributed by atoms with Gasteiger partial charge in [0.15, 0.2) is 5.60 Å². The van der Waals surface area contributed by atoms with E-state index in [1.54, 1.807) is 13.8 Å². The lowest BCUT2D eigenvalue weighted by Gasteiger charge is -2.29. The van der Waals surface area contributed by atoms with Crippen molar-refractivity contribution in [3.63, 3.8) is 0 Å². The lowest BCUT2D eigenvalue weighted by molar-refractivity contribution is -0.171. The summed E-state index contributed by atoms with van der Waals surface area (Å²) in [5, 5.41) is 10.7. The summed E-state index contributed by atoms with van der Waals surface area (Å²) in [7, 11) is 1.36. The molecule has 8 nitrogen and oxygen atoms in total. The quantitative estimate of drug-likeness (QED) is 0.536. The van der Waals surface area contributed by atoms with Gasteiger partial charge in [0.25, 0.3) is 0 Å². The van der Waals surface area contributed by atoms with E-state index >= 15 is 0 Å². The van der Waals surface area contributed by atoms with Crippen molar-refractivity contribution in [3.8, 4) is 0 Å². The first-order chi connectivity index (χ1) is 13.6. The molecule has 6 unspecified atom stereocenters. The van der Waals surface area contributed by atoms with Gasteiger partial charge in [-0.2, -0.15) is 0 Å². The average molecular weight is 409 g/mol. The Bertz CT molecular complexity index is 701.